The van der Waals surface area contributed by atoms with Crippen molar-refractivity contribution in [1.82, 2.24) is 10.3 Å². The molecule has 2 saturated carbocycles. The van der Waals surface area contributed by atoms with Crippen molar-refractivity contribution in [2.75, 3.05) is 11.4 Å². The minimum Gasteiger partial charge on any atom is -0.345 e. The van der Waals surface area contributed by atoms with E-state index in [0.29, 0.717) is 0 Å². The average molecular weight is 279 g/mol. The highest BCUT2D eigenvalue weighted by molar-refractivity contribution is 7.15. The van der Waals surface area contributed by atoms with Crippen LogP contribution in [0.2, 0.25) is 0 Å². The molecule has 1 heterocycles. The second kappa shape index (κ2) is 5.06. The molecule has 0 aliphatic heterocycles. The predicted molar refractivity (Wildman–Crippen MR) is 81.8 cm³/mol. The Labute approximate surface area is 120 Å². The van der Waals surface area contributed by atoms with Gasteiger partial charge >= 0.3 is 0 Å². The highest BCUT2D eigenvalue weighted by atomic mass is 32.1. The first-order valence-electron chi connectivity index (χ1n) is 7.48. The third-order valence-electron chi connectivity index (χ3n) is 3.72. The van der Waals surface area contributed by atoms with Crippen LogP contribution in [0.5, 0.6) is 0 Å². The summed E-state index contributed by atoms with van der Waals surface area (Å²) >= 11 is 1.87. The first-order valence-corrected chi connectivity index (χ1v) is 8.29. The molecule has 0 atom stereocenters. The van der Waals surface area contributed by atoms with Gasteiger partial charge in [0.15, 0.2) is 5.13 Å². The molecule has 2 aliphatic carbocycles. The highest BCUT2D eigenvalue weighted by Crippen LogP contribution is 2.39. The summed E-state index contributed by atoms with van der Waals surface area (Å²) in [7, 11) is 0. The van der Waals surface area contributed by atoms with Crippen molar-refractivity contribution in [3.05, 3.63) is 11.1 Å². The predicted octanol–water partition coefficient (Wildman–Crippen LogP) is 3.41. The molecule has 0 bridgehead atoms. The smallest absolute Gasteiger partial charge is 0.185 e. The van der Waals surface area contributed by atoms with E-state index in [2.05, 4.69) is 42.2 Å². The molecule has 0 amide bonds. The molecular weight excluding hydrogens is 254 g/mol. The summed E-state index contributed by atoms with van der Waals surface area (Å²) in [6.07, 6.45) is 7.63. The Balaban J connectivity index is 1.61. The molecule has 1 aromatic heterocycles. The summed E-state index contributed by atoms with van der Waals surface area (Å²) in [5.41, 5.74) is 0.175. The van der Waals surface area contributed by atoms with Gasteiger partial charge in [0.2, 0.25) is 0 Å². The summed E-state index contributed by atoms with van der Waals surface area (Å²) in [5.74, 6) is 0.945. The van der Waals surface area contributed by atoms with Gasteiger partial charge in [-0.25, -0.2) is 4.98 Å². The number of hydrogen-bond donors (Lipinski definition) is 1. The van der Waals surface area contributed by atoms with Crippen LogP contribution in [0.3, 0.4) is 0 Å². The summed E-state index contributed by atoms with van der Waals surface area (Å²) in [5, 5.41) is 4.79. The fourth-order valence-electron chi connectivity index (χ4n) is 2.21. The Bertz CT molecular complexity index is 427. The number of thiazole rings is 1. The lowest BCUT2D eigenvalue weighted by Crippen LogP contribution is -2.34. The lowest BCUT2D eigenvalue weighted by molar-refractivity contribution is 0.426. The van der Waals surface area contributed by atoms with Crippen molar-refractivity contribution in [2.45, 2.75) is 64.6 Å². The van der Waals surface area contributed by atoms with Crippen LogP contribution in [-0.4, -0.2) is 23.1 Å². The SMILES string of the molecule is CC(C)(C)NCc1cnc(N(CC2CC2)C2CC2)s1. The van der Waals surface area contributed by atoms with Crippen molar-refractivity contribution in [2.24, 2.45) is 5.92 Å². The molecule has 19 heavy (non-hydrogen) atoms. The lowest BCUT2D eigenvalue weighted by atomic mass is 10.1. The number of rotatable bonds is 6. The average Bonchev–Trinajstić information content (AvgIpc) is 3.22. The third kappa shape index (κ3) is 3.93. The van der Waals surface area contributed by atoms with Gasteiger partial charge in [0.25, 0.3) is 0 Å². The maximum atomic E-state index is 4.66. The number of hydrogen-bond acceptors (Lipinski definition) is 4. The molecule has 106 valence electrons. The highest BCUT2D eigenvalue weighted by Gasteiger charge is 2.35. The van der Waals surface area contributed by atoms with Gasteiger partial charge in [-0.15, -0.1) is 11.3 Å². The van der Waals surface area contributed by atoms with E-state index in [9.17, 15) is 0 Å². The first-order chi connectivity index (χ1) is 9.01. The monoisotopic (exact) mass is 279 g/mol. The molecule has 1 N–H and O–H groups in total. The largest absolute Gasteiger partial charge is 0.345 e. The second-order valence-electron chi connectivity index (χ2n) is 7.04. The normalized spacial score (nSPS) is 19.7. The van der Waals surface area contributed by atoms with Crippen molar-refractivity contribution in [3.63, 3.8) is 0 Å². The summed E-state index contributed by atoms with van der Waals surface area (Å²) in [6, 6.07) is 0.787. The summed E-state index contributed by atoms with van der Waals surface area (Å²) < 4.78 is 0. The van der Waals surface area contributed by atoms with Crippen LogP contribution in [0.1, 0.15) is 51.3 Å². The Morgan fingerprint density at radius 1 is 1.32 bits per heavy atom. The number of nitrogens with zero attached hydrogens (tertiary/aromatic N) is 2. The Morgan fingerprint density at radius 2 is 2.05 bits per heavy atom. The molecule has 3 nitrogen and oxygen atoms in total. The third-order valence-corrected chi connectivity index (χ3v) is 4.75. The van der Waals surface area contributed by atoms with Crippen LogP contribution in [0.15, 0.2) is 6.20 Å². The summed E-state index contributed by atoms with van der Waals surface area (Å²) in [6.45, 7) is 8.79. The zero-order chi connectivity index (χ0) is 13.5. The fraction of sp³-hybridized carbons (Fsp3) is 0.800. The molecule has 0 spiro atoms. The van der Waals surface area contributed by atoms with E-state index in [1.165, 1.54) is 42.2 Å². The van der Waals surface area contributed by atoms with Gasteiger partial charge < -0.3 is 10.2 Å². The Kier molecular flexibility index (Phi) is 3.56. The van der Waals surface area contributed by atoms with E-state index in [1.807, 2.05) is 11.3 Å². The summed E-state index contributed by atoms with van der Waals surface area (Å²) in [4.78, 5) is 8.59. The molecule has 1 aromatic rings. The van der Waals surface area contributed by atoms with Crippen LogP contribution < -0.4 is 10.2 Å². The molecule has 2 aliphatic rings. The van der Waals surface area contributed by atoms with Gasteiger partial charge in [0, 0.05) is 35.7 Å². The molecule has 0 saturated heterocycles. The van der Waals surface area contributed by atoms with Gasteiger partial charge in [-0.1, -0.05) is 0 Å². The molecule has 0 radical (unpaired) electrons. The van der Waals surface area contributed by atoms with Gasteiger partial charge in [-0.3, -0.25) is 0 Å². The van der Waals surface area contributed by atoms with Crippen molar-refractivity contribution in [3.8, 4) is 0 Å². The number of anilines is 1. The lowest BCUT2D eigenvalue weighted by Gasteiger charge is -2.21. The minimum absolute atomic E-state index is 0.175. The molecule has 0 aromatic carbocycles. The maximum Gasteiger partial charge on any atom is 0.185 e. The van der Waals surface area contributed by atoms with Crippen molar-refractivity contribution in [1.29, 1.82) is 0 Å². The molecule has 3 rings (SSSR count). The van der Waals surface area contributed by atoms with Crippen LogP contribution >= 0.6 is 11.3 Å². The number of aromatic nitrogens is 1. The van der Waals surface area contributed by atoms with Crippen LogP contribution in [0.25, 0.3) is 0 Å². The minimum atomic E-state index is 0.175. The van der Waals surface area contributed by atoms with E-state index >= 15 is 0 Å². The first kappa shape index (κ1) is 13.4. The number of nitrogens with one attached hydrogen (secondary N) is 1. The molecule has 0 unspecified atom stereocenters. The zero-order valence-corrected chi connectivity index (χ0v) is 13.1. The standard InChI is InChI=1S/C15H25N3S/c1-15(2,3)17-9-13-8-16-14(19-13)18(12-6-7-12)10-11-4-5-11/h8,11-12,17H,4-7,9-10H2,1-3H3. The van der Waals surface area contributed by atoms with Crippen molar-refractivity contribution >= 4 is 16.5 Å². The van der Waals surface area contributed by atoms with E-state index < -0.39 is 0 Å². The van der Waals surface area contributed by atoms with Gasteiger partial charge in [-0.2, -0.15) is 0 Å². The molecule has 2 fully saturated rings. The van der Waals surface area contributed by atoms with Crippen molar-refractivity contribution < 1.29 is 0 Å². The molecular formula is C15H25N3S. The Morgan fingerprint density at radius 3 is 2.63 bits per heavy atom. The van der Waals surface area contributed by atoms with E-state index in [1.54, 1.807) is 0 Å². The Hall–Kier alpha value is -0.610. The topological polar surface area (TPSA) is 28.2 Å². The van der Waals surface area contributed by atoms with E-state index in [-0.39, 0.29) is 5.54 Å². The molecule has 4 heteroatoms. The van der Waals surface area contributed by atoms with Crippen LogP contribution in [-0.2, 0) is 6.54 Å². The second-order valence-corrected chi connectivity index (χ2v) is 8.13. The van der Waals surface area contributed by atoms with E-state index in [4.69, 9.17) is 0 Å². The quantitative estimate of drug-likeness (QED) is 0.865. The maximum absolute atomic E-state index is 4.66. The van der Waals surface area contributed by atoms with Gasteiger partial charge in [0.1, 0.15) is 0 Å². The fourth-order valence-corrected chi connectivity index (χ4v) is 3.14. The van der Waals surface area contributed by atoms with Crippen LogP contribution in [0.4, 0.5) is 5.13 Å². The zero-order valence-electron chi connectivity index (χ0n) is 12.3. The van der Waals surface area contributed by atoms with Crippen LogP contribution in [0, 0.1) is 5.92 Å². The van der Waals surface area contributed by atoms with E-state index in [0.717, 1.165) is 18.5 Å². The van der Waals surface area contributed by atoms with Gasteiger partial charge in [-0.05, 0) is 52.4 Å². The van der Waals surface area contributed by atoms with Gasteiger partial charge in [0.05, 0.1) is 0 Å².